The number of aliphatic hydroxyl groups excluding tert-OH is 1. The molecule has 1 aromatic heterocycles. The number of carbonyl (C=O) groups excluding carboxylic acids is 1. The van der Waals surface area contributed by atoms with Crippen LogP contribution in [0.4, 0.5) is 0 Å². The Hall–Kier alpha value is -1.88. The summed E-state index contributed by atoms with van der Waals surface area (Å²) in [4.78, 5) is 12.2. The number of hydrogen-bond donors (Lipinski definition) is 2. The summed E-state index contributed by atoms with van der Waals surface area (Å²) in [5, 5.41) is 17.0. The molecule has 5 nitrogen and oxygen atoms in total. The average molecular weight is 261 g/mol. The molecule has 1 amide bonds. The third-order valence-corrected chi connectivity index (χ3v) is 3.28. The summed E-state index contributed by atoms with van der Waals surface area (Å²) >= 11 is 0. The van der Waals surface area contributed by atoms with Gasteiger partial charge in [-0.1, -0.05) is 25.1 Å². The Balaban J connectivity index is 2.26. The number of fused-ring (bicyclic) bond motifs is 1. The van der Waals surface area contributed by atoms with Crippen LogP contribution in [0.15, 0.2) is 24.3 Å². The van der Waals surface area contributed by atoms with Crippen molar-refractivity contribution in [1.29, 1.82) is 0 Å². The number of rotatable bonds is 5. The van der Waals surface area contributed by atoms with Gasteiger partial charge >= 0.3 is 0 Å². The lowest BCUT2D eigenvalue weighted by Gasteiger charge is -2.14. The molecule has 0 radical (unpaired) electrons. The van der Waals surface area contributed by atoms with Crippen molar-refractivity contribution in [2.45, 2.75) is 25.8 Å². The zero-order chi connectivity index (χ0) is 13.8. The van der Waals surface area contributed by atoms with E-state index in [0.717, 1.165) is 17.3 Å². The molecule has 102 valence electrons. The van der Waals surface area contributed by atoms with Gasteiger partial charge in [-0.05, 0) is 18.9 Å². The normalized spacial score (nSPS) is 12.6. The summed E-state index contributed by atoms with van der Waals surface area (Å²) in [6, 6.07) is 7.63. The summed E-state index contributed by atoms with van der Waals surface area (Å²) in [6.45, 7) is 2.05. The Bertz CT molecular complexity index is 577. The second kappa shape index (κ2) is 5.84. The predicted molar refractivity (Wildman–Crippen MR) is 74.0 cm³/mol. The first kappa shape index (κ1) is 13.5. The van der Waals surface area contributed by atoms with Gasteiger partial charge in [-0.2, -0.15) is 5.10 Å². The number of nitrogens with zero attached hydrogens (tertiary/aromatic N) is 2. The molecule has 0 aliphatic carbocycles. The minimum atomic E-state index is -0.183. The van der Waals surface area contributed by atoms with Gasteiger partial charge in [0.05, 0.1) is 5.52 Å². The highest BCUT2D eigenvalue weighted by molar-refractivity contribution is 6.04. The first-order valence-electron chi connectivity index (χ1n) is 6.50. The lowest BCUT2D eigenvalue weighted by molar-refractivity contribution is 0.0925. The molecule has 2 aromatic rings. The van der Waals surface area contributed by atoms with E-state index in [1.165, 1.54) is 0 Å². The summed E-state index contributed by atoms with van der Waals surface area (Å²) in [7, 11) is 1.82. The van der Waals surface area contributed by atoms with E-state index in [2.05, 4.69) is 10.4 Å². The van der Waals surface area contributed by atoms with Crippen molar-refractivity contribution in [3.63, 3.8) is 0 Å². The van der Waals surface area contributed by atoms with E-state index >= 15 is 0 Å². The molecule has 0 spiro atoms. The van der Waals surface area contributed by atoms with Gasteiger partial charge in [0, 0.05) is 25.1 Å². The molecular weight excluding hydrogens is 242 g/mol. The summed E-state index contributed by atoms with van der Waals surface area (Å²) in [5.41, 5.74) is 1.37. The van der Waals surface area contributed by atoms with Crippen LogP contribution in [0.25, 0.3) is 10.9 Å². The van der Waals surface area contributed by atoms with E-state index < -0.39 is 0 Å². The molecule has 2 N–H and O–H groups in total. The summed E-state index contributed by atoms with van der Waals surface area (Å²) in [5.74, 6) is -0.183. The smallest absolute Gasteiger partial charge is 0.272 e. The standard InChI is InChI=1S/C14H19N3O2/c1-3-10(8-9-18)15-14(19)13-11-6-4-5-7-12(11)17(2)16-13/h4-7,10,18H,3,8-9H2,1-2H3,(H,15,19). The van der Waals surface area contributed by atoms with E-state index in [1.807, 2.05) is 38.2 Å². The third-order valence-electron chi connectivity index (χ3n) is 3.28. The van der Waals surface area contributed by atoms with Crippen molar-refractivity contribution in [2.24, 2.45) is 7.05 Å². The van der Waals surface area contributed by atoms with Crippen molar-refractivity contribution < 1.29 is 9.90 Å². The van der Waals surface area contributed by atoms with Gasteiger partial charge in [-0.3, -0.25) is 9.48 Å². The maximum absolute atomic E-state index is 12.2. The molecule has 19 heavy (non-hydrogen) atoms. The van der Waals surface area contributed by atoms with Gasteiger partial charge in [-0.25, -0.2) is 0 Å². The number of hydrogen-bond acceptors (Lipinski definition) is 3. The van der Waals surface area contributed by atoms with Crippen molar-refractivity contribution in [2.75, 3.05) is 6.61 Å². The van der Waals surface area contributed by atoms with Gasteiger partial charge < -0.3 is 10.4 Å². The predicted octanol–water partition coefficient (Wildman–Crippen LogP) is 1.46. The van der Waals surface area contributed by atoms with Gasteiger partial charge in [0.2, 0.25) is 0 Å². The van der Waals surface area contributed by atoms with Crippen LogP contribution in [0.3, 0.4) is 0 Å². The first-order chi connectivity index (χ1) is 9.17. The molecule has 1 heterocycles. The number of benzene rings is 1. The molecule has 1 atom stereocenters. The van der Waals surface area contributed by atoms with E-state index in [1.54, 1.807) is 4.68 Å². The van der Waals surface area contributed by atoms with Crippen LogP contribution >= 0.6 is 0 Å². The zero-order valence-electron chi connectivity index (χ0n) is 11.3. The second-order valence-electron chi connectivity index (χ2n) is 4.58. The Kier molecular flexibility index (Phi) is 4.16. The van der Waals surface area contributed by atoms with Crippen LogP contribution in [0.1, 0.15) is 30.3 Å². The SMILES string of the molecule is CCC(CCO)NC(=O)c1nn(C)c2ccccc12. The molecule has 0 bridgehead atoms. The number of aryl methyl sites for hydroxylation is 1. The lowest BCUT2D eigenvalue weighted by Crippen LogP contribution is -2.35. The maximum Gasteiger partial charge on any atom is 0.272 e. The first-order valence-corrected chi connectivity index (χ1v) is 6.50. The van der Waals surface area contributed by atoms with Crippen LogP contribution in [0.5, 0.6) is 0 Å². The fourth-order valence-electron chi connectivity index (χ4n) is 2.17. The summed E-state index contributed by atoms with van der Waals surface area (Å²) in [6.07, 6.45) is 1.35. The number of nitrogens with one attached hydrogen (secondary N) is 1. The van der Waals surface area contributed by atoms with Crippen LogP contribution in [0, 0.1) is 0 Å². The molecular formula is C14H19N3O2. The van der Waals surface area contributed by atoms with E-state index in [-0.39, 0.29) is 18.6 Å². The fraction of sp³-hybridized carbons (Fsp3) is 0.429. The van der Waals surface area contributed by atoms with E-state index in [0.29, 0.717) is 12.1 Å². The highest BCUT2D eigenvalue weighted by Gasteiger charge is 2.18. The van der Waals surface area contributed by atoms with Gasteiger partial charge in [0.1, 0.15) is 0 Å². The molecule has 1 aromatic carbocycles. The van der Waals surface area contributed by atoms with Crippen molar-refractivity contribution in [1.82, 2.24) is 15.1 Å². The summed E-state index contributed by atoms with van der Waals surface area (Å²) < 4.78 is 1.71. The molecule has 0 saturated heterocycles. The second-order valence-corrected chi connectivity index (χ2v) is 4.58. The van der Waals surface area contributed by atoms with Crippen LogP contribution in [-0.4, -0.2) is 33.4 Å². The number of carbonyl (C=O) groups is 1. The Labute approximate surface area is 112 Å². The molecule has 5 heteroatoms. The number of amides is 1. The monoisotopic (exact) mass is 261 g/mol. The Morgan fingerprint density at radius 3 is 2.89 bits per heavy atom. The van der Waals surface area contributed by atoms with Gasteiger partial charge in [0.25, 0.3) is 5.91 Å². The number of aliphatic hydroxyl groups is 1. The van der Waals surface area contributed by atoms with Gasteiger partial charge in [-0.15, -0.1) is 0 Å². The average Bonchev–Trinajstić information content (AvgIpc) is 2.76. The Morgan fingerprint density at radius 2 is 2.21 bits per heavy atom. The van der Waals surface area contributed by atoms with Crippen LogP contribution in [0.2, 0.25) is 0 Å². The maximum atomic E-state index is 12.2. The molecule has 0 fully saturated rings. The fourth-order valence-corrected chi connectivity index (χ4v) is 2.17. The molecule has 0 aliphatic heterocycles. The lowest BCUT2D eigenvalue weighted by atomic mass is 10.1. The third kappa shape index (κ3) is 2.76. The van der Waals surface area contributed by atoms with E-state index in [9.17, 15) is 4.79 Å². The molecule has 1 unspecified atom stereocenters. The highest BCUT2D eigenvalue weighted by Crippen LogP contribution is 2.17. The molecule has 0 saturated carbocycles. The Morgan fingerprint density at radius 1 is 1.47 bits per heavy atom. The quantitative estimate of drug-likeness (QED) is 0.856. The molecule has 2 rings (SSSR count). The largest absolute Gasteiger partial charge is 0.396 e. The number of aromatic nitrogens is 2. The number of para-hydroxylation sites is 1. The molecule has 0 aliphatic rings. The van der Waals surface area contributed by atoms with Crippen molar-refractivity contribution >= 4 is 16.8 Å². The van der Waals surface area contributed by atoms with Gasteiger partial charge in [0.15, 0.2) is 5.69 Å². The van der Waals surface area contributed by atoms with Crippen LogP contribution < -0.4 is 5.32 Å². The van der Waals surface area contributed by atoms with Crippen molar-refractivity contribution in [3.8, 4) is 0 Å². The topological polar surface area (TPSA) is 67.2 Å². The minimum absolute atomic E-state index is 0.0155. The van der Waals surface area contributed by atoms with Crippen molar-refractivity contribution in [3.05, 3.63) is 30.0 Å². The highest BCUT2D eigenvalue weighted by atomic mass is 16.3. The van der Waals surface area contributed by atoms with Crippen LogP contribution in [-0.2, 0) is 7.05 Å². The zero-order valence-corrected chi connectivity index (χ0v) is 11.3. The van der Waals surface area contributed by atoms with E-state index in [4.69, 9.17) is 5.11 Å². The minimum Gasteiger partial charge on any atom is -0.396 e.